The highest BCUT2D eigenvalue weighted by Gasteiger charge is 2.33. The van der Waals surface area contributed by atoms with Crippen molar-refractivity contribution in [3.63, 3.8) is 0 Å². The minimum atomic E-state index is -0.203. The summed E-state index contributed by atoms with van der Waals surface area (Å²) < 4.78 is 2.25. The SMILES string of the molecule is Cc1cccc2c1C(CC(O)C1CCCCC1)n1cncc1-2. The van der Waals surface area contributed by atoms with Crippen LogP contribution in [0.3, 0.4) is 0 Å². The number of aliphatic hydroxyl groups is 1. The van der Waals surface area contributed by atoms with Crippen LogP contribution >= 0.6 is 0 Å². The summed E-state index contributed by atoms with van der Waals surface area (Å²) in [7, 11) is 0. The van der Waals surface area contributed by atoms with Crippen LogP contribution in [-0.2, 0) is 0 Å². The van der Waals surface area contributed by atoms with E-state index in [-0.39, 0.29) is 12.1 Å². The van der Waals surface area contributed by atoms with Crippen molar-refractivity contribution < 1.29 is 5.11 Å². The lowest BCUT2D eigenvalue weighted by molar-refractivity contribution is 0.0686. The summed E-state index contributed by atoms with van der Waals surface area (Å²) in [6, 6.07) is 6.72. The van der Waals surface area contributed by atoms with Gasteiger partial charge in [-0.1, -0.05) is 37.5 Å². The highest BCUT2D eigenvalue weighted by atomic mass is 16.3. The van der Waals surface area contributed by atoms with E-state index in [1.807, 2.05) is 12.5 Å². The molecule has 22 heavy (non-hydrogen) atoms. The number of nitrogens with zero attached hydrogens (tertiary/aromatic N) is 2. The van der Waals surface area contributed by atoms with Gasteiger partial charge in [0.25, 0.3) is 0 Å². The number of aryl methyl sites for hydroxylation is 1. The summed E-state index contributed by atoms with van der Waals surface area (Å²) in [4.78, 5) is 4.32. The number of hydrogen-bond donors (Lipinski definition) is 1. The molecule has 2 atom stereocenters. The van der Waals surface area contributed by atoms with Crippen LogP contribution in [0.25, 0.3) is 11.3 Å². The Balaban J connectivity index is 1.65. The fourth-order valence-corrected chi connectivity index (χ4v) is 4.42. The van der Waals surface area contributed by atoms with Crippen LogP contribution in [0.2, 0.25) is 0 Å². The van der Waals surface area contributed by atoms with Gasteiger partial charge in [0, 0.05) is 5.56 Å². The molecule has 2 unspecified atom stereocenters. The number of aromatic nitrogens is 2. The third-order valence-electron chi connectivity index (χ3n) is 5.59. The number of benzene rings is 1. The summed E-state index contributed by atoms with van der Waals surface area (Å²) in [6.45, 7) is 2.18. The van der Waals surface area contributed by atoms with Gasteiger partial charge in [-0.05, 0) is 43.2 Å². The van der Waals surface area contributed by atoms with Crippen LogP contribution in [-0.4, -0.2) is 20.8 Å². The quantitative estimate of drug-likeness (QED) is 0.926. The molecule has 3 nitrogen and oxygen atoms in total. The van der Waals surface area contributed by atoms with Crippen LogP contribution in [0.5, 0.6) is 0 Å². The fourth-order valence-electron chi connectivity index (χ4n) is 4.42. The van der Waals surface area contributed by atoms with Crippen LogP contribution in [0.1, 0.15) is 55.7 Å². The molecule has 0 radical (unpaired) electrons. The molecule has 2 aliphatic rings. The molecule has 4 rings (SSSR count). The van der Waals surface area contributed by atoms with E-state index in [1.54, 1.807) is 0 Å². The van der Waals surface area contributed by atoms with Crippen molar-refractivity contribution in [2.75, 3.05) is 0 Å². The van der Waals surface area contributed by atoms with E-state index in [0.29, 0.717) is 5.92 Å². The van der Waals surface area contributed by atoms with Gasteiger partial charge in [-0.3, -0.25) is 0 Å². The number of hydrogen-bond acceptors (Lipinski definition) is 2. The van der Waals surface area contributed by atoms with Gasteiger partial charge in [-0.15, -0.1) is 0 Å². The van der Waals surface area contributed by atoms with Gasteiger partial charge in [-0.25, -0.2) is 4.98 Å². The average molecular weight is 296 g/mol. The van der Waals surface area contributed by atoms with Gasteiger partial charge < -0.3 is 9.67 Å². The molecule has 1 fully saturated rings. The minimum Gasteiger partial charge on any atom is -0.393 e. The summed E-state index contributed by atoms with van der Waals surface area (Å²) >= 11 is 0. The van der Waals surface area contributed by atoms with Crippen LogP contribution in [0, 0.1) is 12.8 Å². The number of imidazole rings is 1. The topological polar surface area (TPSA) is 38.0 Å². The van der Waals surface area contributed by atoms with Crippen molar-refractivity contribution in [3.05, 3.63) is 41.9 Å². The molecule has 0 spiro atoms. The summed E-state index contributed by atoms with van der Waals surface area (Å²) in [5.41, 5.74) is 5.19. The molecule has 1 aliphatic carbocycles. The maximum absolute atomic E-state index is 10.8. The highest BCUT2D eigenvalue weighted by Crippen LogP contribution is 2.44. The molecule has 1 saturated carbocycles. The molecular formula is C19H24N2O. The Morgan fingerprint density at radius 2 is 2.09 bits per heavy atom. The van der Waals surface area contributed by atoms with E-state index < -0.39 is 0 Å². The predicted octanol–water partition coefficient (Wildman–Crippen LogP) is 4.09. The molecule has 0 bridgehead atoms. The fraction of sp³-hybridized carbons (Fsp3) is 0.526. The highest BCUT2D eigenvalue weighted by molar-refractivity contribution is 5.70. The van der Waals surface area contributed by atoms with Gasteiger partial charge in [0.15, 0.2) is 0 Å². The first-order valence-electron chi connectivity index (χ1n) is 8.55. The Labute approximate surface area is 132 Å². The molecule has 1 aliphatic heterocycles. The second kappa shape index (κ2) is 5.54. The maximum Gasteiger partial charge on any atom is 0.0956 e. The largest absolute Gasteiger partial charge is 0.393 e. The van der Waals surface area contributed by atoms with Crippen molar-refractivity contribution in [1.29, 1.82) is 0 Å². The maximum atomic E-state index is 10.8. The minimum absolute atomic E-state index is 0.203. The zero-order chi connectivity index (χ0) is 15.1. The Morgan fingerprint density at radius 3 is 2.91 bits per heavy atom. The van der Waals surface area contributed by atoms with E-state index in [1.165, 1.54) is 54.5 Å². The van der Waals surface area contributed by atoms with Gasteiger partial charge >= 0.3 is 0 Å². The monoisotopic (exact) mass is 296 g/mol. The molecule has 1 aromatic heterocycles. The van der Waals surface area contributed by atoms with E-state index in [4.69, 9.17) is 0 Å². The number of rotatable bonds is 3. The van der Waals surface area contributed by atoms with E-state index in [0.717, 1.165) is 6.42 Å². The van der Waals surface area contributed by atoms with Crippen LogP contribution in [0.4, 0.5) is 0 Å². The molecular weight excluding hydrogens is 272 g/mol. The Kier molecular flexibility index (Phi) is 3.53. The van der Waals surface area contributed by atoms with Crippen molar-refractivity contribution in [2.45, 2.75) is 57.6 Å². The van der Waals surface area contributed by atoms with Gasteiger partial charge in [-0.2, -0.15) is 0 Å². The molecule has 2 heterocycles. The molecule has 1 aromatic carbocycles. The first-order chi connectivity index (χ1) is 10.8. The molecule has 2 aromatic rings. The summed E-state index contributed by atoms with van der Waals surface area (Å²) in [5.74, 6) is 0.480. The van der Waals surface area contributed by atoms with Crippen LogP contribution in [0.15, 0.2) is 30.7 Å². The zero-order valence-corrected chi connectivity index (χ0v) is 13.2. The molecule has 3 heteroatoms. The van der Waals surface area contributed by atoms with Crippen molar-refractivity contribution in [2.24, 2.45) is 5.92 Å². The lowest BCUT2D eigenvalue weighted by atomic mass is 9.82. The predicted molar refractivity (Wildman–Crippen MR) is 87.7 cm³/mol. The third kappa shape index (κ3) is 2.19. The third-order valence-corrected chi connectivity index (χ3v) is 5.59. The zero-order valence-electron chi connectivity index (χ0n) is 13.2. The average Bonchev–Trinajstić information content (AvgIpc) is 3.12. The Hall–Kier alpha value is -1.61. The van der Waals surface area contributed by atoms with Crippen molar-refractivity contribution >= 4 is 0 Å². The van der Waals surface area contributed by atoms with Gasteiger partial charge in [0.1, 0.15) is 0 Å². The lowest BCUT2D eigenvalue weighted by Crippen LogP contribution is -2.26. The molecule has 0 saturated heterocycles. The van der Waals surface area contributed by atoms with E-state index in [9.17, 15) is 5.11 Å². The number of aliphatic hydroxyl groups excluding tert-OH is 1. The van der Waals surface area contributed by atoms with Gasteiger partial charge in [0.05, 0.1) is 30.4 Å². The molecule has 1 N–H and O–H groups in total. The molecule has 0 amide bonds. The second-order valence-corrected chi connectivity index (χ2v) is 6.94. The summed E-state index contributed by atoms with van der Waals surface area (Å²) in [6.07, 6.45) is 10.7. The Bertz CT molecular complexity index is 670. The van der Waals surface area contributed by atoms with E-state index >= 15 is 0 Å². The lowest BCUT2D eigenvalue weighted by Gasteiger charge is -2.29. The van der Waals surface area contributed by atoms with Gasteiger partial charge in [0.2, 0.25) is 0 Å². The normalized spacial score (nSPS) is 22.4. The first-order valence-corrected chi connectivity index (χ1v) is 8.55. The van der Waals surface area contributed by atoms with Crippen molar-refractivity contribution in [1.82, 2.24) is 9.55 Å². The standard InChI is InChI=1S/C19H24N2O/c1-13-6-5-9-15-17-11-20-12-21(17)16(19(13)15)10-18(22)14-7-3-2-4-8-14/h5-6,9,11-12,14,16,18,22H,2-4,7-8,10H2,1H3. The van der Waals surface area contributed by atoms with E-state index in [2.05, 4.69) is 34.7 Å². The Morgan fingerprint density at radius 1 is 1.27 bits per heavy atom. The van der Waals surface area contributed by atoms with Crippen LogP contribution < -0.4 is 0 Å². The first kappa shape index (κ1) is 14.0. The molecule has 116 valence electrons. The summed E-state index contributed by atoms with van der Waals surface area (Å²) in [5, 5.41) is 10.8. The number of fused-ring (bicyclic) bond motifs is 3. The smallest absolute Gasteiger partial charge is 0.0956 e. The second-order valence-electron chi connectivity index (χ2n) is 6.94. The van der Waals surface area contributed by atoms with Crippen molar-refractivity contribution in [3.8, 4) is 11.3 Å².